The Hall–Kier alpha value is -0.740. The average molecular weight is 218 g/mol. The maximum atomic E-state index is 10.3. The van der Waals surface area contributed by atoms with Crippen LogP contribution in [-0.4, -0.2) is 33.0 Å². The topological polar surface area (TPSA) is 74.6 Å². The van der Waals surface area contributed by atoms with E-state index in [1.165, 1.54) is 27.7 Å². The summed E-state index contributed by atoms with van der Waals surface area (Å²) in [5.41, 5.74) is -1.97. The van der Waals surface area contributed by atoms with Gasteiger partial charge < -0.3 is 10.2 Å². The highest BCUT2D eigenvalue weighted by Crippen LogP contribution is 2.06. The molecule has 0 unspecified atom stereocenters. The Morgan fingerprint density at radius 2 is 1.27 bits per heavy atom. The van der Waals surface area contributed by atoms with Crippen molar-refractivity contribution in [3.63, 3.8) is 0 Å². The van der Waals surface area contributed by atoms with Crippen molar-refractivity contribution in [1.82, 2.24) is 0 Å². The number of carbonyl (C=O) groups is 2. The minimum atomic E-state index is -1.14. The maximum Gasteiger partial charge on any atom is 0.160 e. The van der Waals surface area contributed by atoms with Crippen molar-refractivity contribution in [1.29, 1.82) is 0 Å². The quantitative estimate of drug-likeness (QED) is 0.743. The standard InChI is InChI=1S/C6H12O2.C5H10O2/c1-5(7)4-6(2,3)8;1-4(6)5(2,3)7/h8H,4H2,1-3H3;7H,1-3H3. The molecule has 0 atom stereocenters. The molecule has 4 nitrogen and oxygen atoms in total. The summed E-state index contributed by atoms with van der Waals surface area (Å²) >= 11 is 0. The van der Waals surface area contributed by atoms with Gasteiger partial charge in [-0.15, -0.1) is 0 Å². The van der Waals surface area contributed by atoms with Crippen LogP contribution < -0.4 is 0 Å². The first-order valence-electron chi connectivity index (χ1n) is 4.81. The van der Waals surface area contributed by atoms with Crippen LogP contribution in [0.2, 0.25) is 0 Å². The molecule has 0 aliphatic rings. The minimum absolute atomic E-state index is 0.0255. The fourth-order valence-corrected chi connectivity index (χ4v) is 0.609. The van der Waals surface area contributed by atoms with Gasteiger partial charge >= 0.3 is 0 Å². The largest absolute Gasteiger partial charge is 0.390 e. The number of Topliss-reactive ketones (excluding diaryl/α,β-unsaturated/α-hetero) is 2. The van der Waals surface area contributed by atoms with E-state index < -0.39 is 11.2 Å². The third-order valence-electron chi connectivity index (χ3n) is 1.54. The van der Waals surface area contributed by atoms with Gasteiger partial charge in [0, 0.05) is 6.42 Å². The average Bonchev–Trinajstić information content (AvgIpc) is 1.78. The van der Waals surface area contributed by atoms with E-state index in [4.69, 9.17) is 10.2 Å². The van der Waals surface area contributed by atoms with Gasteiger partial charge in [0.2, 0.25) is 0 Å². The van der Waals surface area contributed by atoms with Gasteiger partial charge in [-0.3, -0.25) is 9.59 Å². The molecule has 0 saturated carbocycles. The summed E-state index contributed by atoms with van der Waals surface area (Å²) in [6.45, 7) is 9.01. The molecule has 0 heterocycles. The van der Waals surface area contributed by atoms with Gasteiger partial charge in [0.15, 0.2) is 5.78 Å². The van der Waals surface area contributed by atoms with Crippen LogP contribution in [0.1, 0.15) is 48.0 Å². The lowest BCUT2D eigenvalue weighted by atomic mass is 10.0. The van der Waals surface area contributed by atoms with Crippen molar-refractivity contribution in [2.45, 2.75) is 59.2 Å². The predicted molar refractivity (Wildman–Crippen MR) is 58.6 cm³/mol. The fraction of sp³-hybridized carbons (Fsp3) is 0.818. The fourth-order valence-electron chi connectivity index (χ4n) is 0.609. The zero-order valence-electron chi connectivity index (χ0n) is 10.4. The number of rotatable bonds is 3. The molecule has 0 aromatic rings. The number of hydrogen-bond acceptors (Lipinski definition) is 4. The Kier molecular flexibility index (Phi) is 6.65. The lowest BCUT2D eigenvalue weighted by molar-refractivity contribution is -0.131. The third-order valence-corrected chi connectivity index (χ3v) is 1.54. The van der Waals surface area contributed by atoms with Crippen molar-refractivity contribution in [3.05, 3.63) is 0 Å². The second kappa shape index (κ2) is 5.98. The molecule has 0 aliphatic heterocycles. The molecule has 0 amide bonds. The monoisotopic (exact) mass is 218 g/mol. The van der Waals surface area contributed by atoms with Crippen LogP contribution in [-0.2, 0) is 9.59 Å². The molecule has 0 saturated heterocycles. The summed E-state index contributed by atoms with van der Waals surface area (Å²) < 4.78 is 0. The first-order chi connectivity index (χ1) is 6.36. The lowest BCUT2D eigenvalue weighted by Gasteiger charge is -2.13. The van der Waals surface area contributed by atoms with E-state index in [1.807, 2.05) is 0 Å². The Labute approximate surface area is 91.3 Å². The van der Waals surface area contributed by atoms with E-state index in [2.05, 4.69) is 0 Å². The highest BCUT2D eigenvalue weighted by Gasteiger charge is 2.17. The summed E-state index contributed by atoms with van der Waals surface area (Å²) in [6.07, 6.45) is 0.243. The molecule has 0 aliphatic carbocycles. The van der Waals surface area contributed by atoms with Crippen molar-refractivity contribution in [3.8, 4) is 0 Å². The van der Waals surface area contributed by atoms with Crippen LogP contribution in [0, 0.1) is 0 Å². The number of aliphatic hydroxyl groups is 2. The van der Waals surface area contributed by atoms with Crippen molar-refractivity contribution >= 4 is 11.6 Å². The molecular weight excluding hydrogens is 196 g/mol. The number of ketones is 2. The van der Waals surface area contributed by atoms with Crippen LogP contribution in [0.4, 0.5) is 0 Å². The minimum Gasteiger partial charge on any atom is -0.390 e. The Morgan fingerprint density at radius 3 is 1.27 bits per heavy atom. The molecule has 4 heteroatoms. The van der Waals surface area contributed by atoms with Crippen molar-refractivity contribution in [2.24, 2.45) is 0 Å². The molecule has 0 bridgehead atoms. The molecule has 0 fully saturated rings. The van der Waals surface area contributed by atoms with Crippen LogP contribution in [0.3, 0.4) is 0 Å². The first-order valence-corrected chi connectivity index (χ1v) is 4.81. The summed E-state index contributed by atoms with van der Waals surface area (Å²) in [7, 11) is 0. The van der Waals surface area contributed by atoms with Gasteiger partial charge in [0.25, 0.3) is 0 Å². The molecule has 0 radical (unpaired) electrons. The van der Waals surface area contributed by atoms with Gasteiger partial charge in [-0.2, -0.15) is 0 Å². The van der Waals surface area contributed by atoms with Crippen LogP contribution in [0.5, 0.6) is 0 Å². The highest BCUT2D eigenvalue weighted by molar-refractivity contribution is 5.83. The van der Waals surface area contributed by atoms with Gasteiger partial charge in [0.05, 0.1) is 5.60 Å². The maximum absolute atomic E-state index is 10.3. The molecule has 0 aromatic carbocycles. The smallest absolute Gasteiger partial charge is 0.160 e. The zero-order valence-corrected chi connectivity index (χ0v) is 10.4. The first kappa shape index (κ1) is 16.7. The van der Waals surface area contributed by atoms with Crippen LogP contribution >= 0.6 is 0 Å². The Morgan fingerprint density at radius 1 is 1.00 bits per heavy atom. The summed E-state index contributed by atoms with van der Waals surface area (Å²) in [6, 6.07) is 0. The summed E-state index contributed by atoms with van der Waals surface area (Å²) in [5, 5.41) is 17.7. The number of hydrogen-bond donors (Lipinski definition) is 2. The predicted octanol–water partition coefficient (Wildman–Crippen LogP) is 1.08. The number of carbonyl (C=O) groups excluding carboxylic acids is 2. The molecule has 90 valence electrons. The SMILES string of the molecule is CC(=O)C(C)(C)O.CC(=O)CC(C)(C)O. The molecule has 15 heavy (non-hydrogen) atoms. The van der Waals surface area contributed by atoms with E-state index in [0.717, 1.165) is 0 Å². The molecule has 0 spiro atoms. The Bertz CT molecular complexity index is 218. The molecule has 0 aromatic heterocycles. The third kappa shape index (κ3) is 16.0. The van der Waals surface area contributed by atoms with Crippen molar-refractivity contribution < 1.29 is 19.8 Å². The Balaban J connectivity index is 0. The normalized spacial score (nSPS) is 11.5. The zero-order chi connectivity index (χ0) is 12.9. The van der Waals surface area contributed by atoms with Gasteiger partial charge in [0.1, 0.15) is 11.4 Å². The summed E-state index contributed by atoms with van der Waals surface area (Å²) in [4.78, 5) is 20.5. The summed E-state index contributed by atoms with van der Waals surface area (Å²) in [5.74, 6) is -0.176. The lowest BCUT2D eigenvalue weighted by Crippen LogP contribution is -2.27. The van der Waals surface area contributed by atoms with Gasteiger partial charge in [-0.1, -0.05) is 0 Å². The van der Waals surface area contributed by atoms with E-state index in [-0.39, 0.29) is 18.0 Å². The molecular formula is C11H22O4. The van der Waals surface area contributed by atoms with E-state index in [9.17, 15) is 9.59 Å². The van der Waals surface area contributed by atoms with E-state index >= 15 is 0 Å². The molecule has 2 N–H and O–H groups in total. The highest BCUT2D eigenvalue weighted by atomic mass is 16.3. The van der Waals surface area contributed by atoms with Crippen molar-refractivity contribution in [2.75, 3.05) is 0 Å². The van der Waals surface area contributed by atoms with E-state index in [0.29, 0.717) is 0 Å². The van der Waals surface area contributed by atoms with Crippen LogP contribution in [0.25, 0.3) is 0 Å². The van der Waals surface area contributed by atoms with Gasteiger partial charge in [-0.25, -0.2) is 0 Å². The molecule has 0 rings (SSSR count). The van der Waals surface area contributed by atoms with Crippen LogP contribution in [0.15, 0.2) is 0 Å². The van der Waals surface area contributed by atoms with E-state index in [1.54, 1.807) is 13.8 Å². The second-order valence-electron chi connectivity index (χ2n) is 4.81. The van der Waals surface area contributed by atoms with Gasteiger partial charge in [-0.05, 0) is 41.5 Å². The second-order valence-corrected chi connectivity index (χ2v) is 4.81.